The van der Waals surface area contributed by atoms with Crippen LogP contribution >= 0.6 is 11.8 Å². The van der Waals surface area contributed by atoms with Crippen LogP contribution in [0, 0.1) is 0 Å². The van der Waals surface area contributed by atoms with Crippen LogP contribution in [-0.4, -0.2) is 60.6 Å². The predicted octanol–water partition coefficient (Wildman–Crippen LogP) is 2.30. The maximum Gasteiger partial charge on any atom is 0.00957 e. The molecule has 0 saturated carbocycles. The highest BCUT2D eigenvalue weighted by molar-refractivity contribution is 7.99. The van der Waals surface area contributed by atoms with E-state index in [1.165, 1.54) is 56.7 Å². The molecule has 3 rings (SSSR count). The van der Waals surface area contributed by atoms with Gasteiger partial charge in [0.2, 0.25) is 0 Å². The van der Waals surface area contributed by atoms with E-state index in [1.54, 1.807) is 0 Å². The number of piperidine rings is 1. The smallest absolute Gasteiger partial charge is 0.00957 e. The van der Waals surface area contributed by atoms with Crippen molar-refractivity contribution >= 4 is 11.8 Å². The standard InChI is InChI=1S/C8H15N.C5H11NS/c1-9-7-3-2-4-8(9)6-5-7;1-6-2-4-7-5-3-6/h7-8H,2-6H2,1H3;2-5H2,1H3. The van der Waals surface area contributed by atoms with Crippen LogP contribution in [0.15, 0.2) is 0 Å². The Morgan fingerprint density at radius 2 is 1.44 bits per heavy atom. The van der Waals surface area contributed by atoms with Gasteiger partial charge in [-0.05, 0) is 39.8 Å². The lowest BCUT2D eigenvalue weighted by Crippen LogP contribution is -2.35. The molecule has 3 aliphatic rings. The molecule has 0 aromatic heterocycles. The lowest BCUT2D eigenvalue weighted by atomic mass is 10.0. The van der Waals surface area contributed by atoms with Crippen LogP contribution in [0.4, 0.5) is 0 Å². The summed E-state index contributed by atoms with van der Waals surface area (Å²) in [6.07, 6.45) is 7.36. The second-order valence-corrected chi connectivity index (χ2v) is 6.62. The Morgan fingerprint density at radius 3 is 1.81 bits per heavy atom. The second kappa shape index (κ2) is 6.27. The van der Waals surface area contributed by atoms with Crippen molar-refractivity contribution in [3.8, 4) is 0 Å². The molecule has 0 aromatic rings. The fourth-order valence-electron chi connectivity index (χ4n) is 3.03. The summed E-state index contributed by atoms with van der Waals surface area (Å²) in [5.41, 5.74) is 0. The summed E-state index contributed by atoms with van der Waals surface area (Å²) in [5.74, 6) is 2.66. The Morgan fingerprint density at radius 1 is 0.875 bits per heavy atom. The minimum atomic E-state index is 0.962. The minimum Gasteiger partial charge on any atom is -0.305 e. The fraction of sp³-hybridized carbons (Fsp3) is 1.00. The normalized spacial score (nSPS) is 35.6. The molecule has 0 aromatic carbocycles. The highest BCUT2D eigenvalue weighted by Crippen LogP contribution is 2.33. The first-order chi connectivity index (χ1) is 7.77. The van der Waals surface area contributed by atoms with Gasteiger partial charge in [-0.1, -0.05) is 6.42 Å². The lowest BCUT2D eigenvalue weighted by Gasteiger charge is -2.30. The molecule has 2 nitrogen and oxygen atoms in total. The zero-order valence-electron chi connectivity index (χ0n) is 10.8. The van der Waals surface area contributed by atoms with Gasteiger partial charge in [0.25, 0.3) is 0 Å². The molecule has 0 aliphatic carbocycles. The summed E-state index contributed by atoms with van der Waals surface area (Å²) in [4.78, 5) is 4.96. The Balaban J connectivity index is 0.000000125. The van der Waals surface area contributed by atoms with E-state index in [0.29, 0.717) is 0 Å². The molecule has 16 heavy (non-hydrogen) atoms. The van der Waals surface area contributed by atoms with Crippen LogP contribution in [0.25, 0.3) is 0 Å². The van der Waals surface area contributed by atoms with Gasteiger partial charge in [0.05, 0.1) is 0 Å². The molecule has 0 radical (unpaired) electrons. The molecular formula is C13H26N2S. The third kappa shape index (κ3) is 3.38. The molecule has 3 aliphatic heterocycles. The van der Waals surface area contributed by atoms with E-state index in [9.17, 15) is 0 Å². The summed E-state index contributed by atoms with van der Waals surface area (Å²) >= 11 is 2.06. The monoisotopic (exact) mass is 242 g/mol. The van der Waals surface area contributed by atoms with Crippen LogP contribution in [0.2, 0.25) is 0 Å². The first-order valence-electron chi connectivity index (χ1n) is 6.75. The first-order valence-corrected chi connectivity index (χ1v) is 7.91. The molecular weight excluding hydrogens is 216 g/mol. The van der Waals surface area contributed by atoms with Gasteiger partial charge >= 0.3 is 0 Å². The molecule has 3 heteroatoms. The molecule has 94 valence electrons. The molecule has 0 N–H and O–H groups in total. The molecule has 3 saturated heterocycles. The summed E-state index contributed by atoms with van der Waals surface area (Å²) in [6, 6.07) is 1.92. The Bertz CT molecular complexity index is 188. The van der Waals surface area contributed by atoms with Crippen molar-refractivity contribution in [2.45, 2.75) is 44.2 Å². The third-order valence-corrected chi connectivity index (χ3v) is 5.24. The van der Waals surface area contributed by atoms with Crippen LogP contribution in [0.3, 0.4) is 0 Å². The van der Waals surface area contributed by atoms with Gasteiger partial charge in [0.1, 0.15) is 0 Å². The van der Waals surface area contributed by atoms with Crippen molar-refractivity contribution in [3.05, 3.63) is 0 Å². The van der Waals surface area contributed by atoms with Crippen molar-refractivity contribution in [1.29, 1.82) is 0 Å². The SMILES string of the molecule is CN1C2CCCC1CC2.CN1CCSCC1. The van der Waals surface area contributed by atoms with Gasteiger partial charge in [-0.2, -0.15) is 11.8 Å². The maximum atomic E-state index is 2.59. The van der Waals surface area contributed by atoms with Gasteiger partial charge in [0, 0.05) is 36.7 Å². The second-order valence-electron chi connectivity index (χ2n) is 5.40. The van der Waals surface area contributed by atoms with E-state index in [0.717, 1.165) is 12.1 Å². The minimum absolute atomic E-state index is 0.962. The van der Waals surface area contributed by atoms with Gasteiger partial charge < -0.3 is 9.80 Å². The van der Waals surface area contributed by atoms with Crippen molar-refractivity contribution in [2.75, 3.05) is 38.7 Å². The molecule has 2 atom stereocenters. The van der Waals surface area contributed by atoms with Gasteiger partial charge in [-0.25, -0.2) is 0 Å². The van der Waals surface area contributed by atoms with Crippen molar-refractivity contribution in [1.82, 2.24) is 9.80 Å². The maximum absolute atomic E-state index is 2.59. The number of thioether (sulfide) groups is 1. The van der Waals surface area contributed by atoms with Crippen LogP contribution in [0.5, 0.6) is 0 Å². The van der Waals surface area contributed by atoms with E-state index in [4.69, 9.17) is 0 Å². The first kappa shape index (κ1) is 12.7. The van der Waals surface area contributed by atoms with Crippen LogP contribution < -0.4 is 0 Å². The summed E-state index contributed by atoms with van der Waals surface area (Å²) in [5, 5.41) is 0. The topological polar surface area (TPSA) is 6.48 Å². The van der Waals surface area contributed by atoms with Crippen molar-refractivity contribution < 1.29 is 0 Å². The number of rotatable bonds is 0. The number of hydrogen-bond acceptors (Lipinski definition) is 3. The highest BCUT2D eigenvalue weighted by Gasteiger charge is 2.33. The quantitative estimate of drug-likeness (QED) is 0.643. The van der Waals surface area contributed by atoms with Crippen LogP contribution in [0.1, 0.15) is 32.1 Å². The van der Waals surface area contributed by atoms with E-state index < -0.39 is 0 Å². The lowest BCUT2D eigenvalue weighted by molar-refractivity contribution is 0.179. The molecule has 0 spiro atoms. The van der Waals surface area contributed by atoms with Gasteiger partial charge in [-0.3, -0.25) is 0 Å². The number of nitrogens with zero attached hydrogens (tertiary/aromatic N) is 2. The van der Waals surface area contributed by atoms with E-state index in [1.807, 2.05) is 0 Å². The van der Waals surface area contributed by atoms with E-state index in [2.05, 4.69) is 35.7 Å². The number of hydrogen-bond donors (Lipinski definition) is 0. The van der Waals surface area contributed by atoms with Gasteiger partial charge in [0.15, 0.2) is 0 Å². The van der Waals surface area contributed by atoms with E-state index >= 15 is 0 Å². The predicted molar refractivity (Wildman–Crippen MR) is 73.2 cm³/mol. The van der Waals surface area contributed by atoms with Gasteiger partial charge in [-0.15, -0.1) is 0 Å². The zero-order valence-corrected chi connectivity index (χ0v) is 11.6. The Kier molecular flexibility index (Phi) is 4.98. The third-order valence-electron chi connectivity index (χ3n) is 4.29. The number of fused-ring (bicyclic) bond motifs is 2. The van der Waals surface area contributed by atoms with E-state index in [-0.39, 0.29) is 0 Å². The van der Waals surface area contributed by atoms with Crippen molar-refractivity contribution in [3.63, 3.8) is 0 Å². The Hall–Kier alpha value is 0.270. The summed E-state index contributed by atoms with van der Waals surface area (Å²) in [6.45, 7) is 2.56. The molecule has 0 amide bonds. The van der Waals surface area contributed by atoms with Crippen molar-refractivity contribution in [2.24, 2.45) is 0 Å². The summed E-state index contributed by atoms with van der Waals surface area (Å²) in [7, 11) is 4.47. The zero-order chi connectivity index (χ0) is 11.4. The Labute approximate surface area is 105 Å². The molecule has 2 unspecified atom stereocenters. The highest BCUT2D eigenvalue weighted by atomic mass is 32.2. The average molecular weight is 242 g/mol. The molecule has 3 heterocycles. The summed E-state index contributed by atoms with van der Waals surface area (Å²) < 4.78 is 0. The average Bonchev–Trinajstić information content (AvgIpc) is 2.55. The van der Waals surface area contributed by atoms with Crippen LogP contribution in [-0.2, 0) is 0 Å². The molecule has 2 bridgehead atoms. The fourth-order valence-corrected chi connectivity index (χ4v) is 4.12. The largest absolute Gasteiger partial charge is 0.305 e. The molecule has 3 fully saturated rings.